The second-order valence-electron chi connectivity index (χ2n) is 4.30. The Balaban J connectivity index is 2.31. The molecule has 1 aromatic rings. The Hall–Kier alpha value is -1.29. The lowest BCUT2D eigenvalue weighted by molar-refractivity contribution is 0.589. The predicted molar refractivity (Wildman–Crippen MR) is 68.2 cm³/mol. The van der Waals surface area contributed by atoms with E-state index in [9.17, 15) is 0 Å². The van der Waals surface area contributed by atoms with E-state index >= 15 is 0 Å². The van der Waals surface area contributed by atoms with Gasteiger partial charge >= 0.3 is 0 Å². The zero-order valence-electron chi connectivity index (χ0n) is 10.2. The van der Waals surface area contributed by atoms with Crippen molar-refractivity contribution < 1.29 is 0 Å². The first-order valence-electron chi connectivity index (χ1n) is 6.33. The zero-order valence-corrected chi connectivity index (χ0v) is 10.2. The molecule has 0 radical (unpaired) electrons. The monoisotopic (exact) mass is 215 g/mol. The smallest absolute Gasteiger partial charge is 0.0712 e. The van der Waals surface area contributed by atoms with Crippen LogP contribution in [0.25, 0.3) is 0 Å². The second-order valence-corrected chi connectivity index (χ2v) is 4.30. The molecule has 0 N–H and O–H groups in total. The molecule has 16 heavy (non-hydrogen) atoms. The van der Waals surface area contributed by atoms with Crippen molar-refractivity contribution >= 4 is 0 Å². The molecule has 0 aromatic heterocycles. The molecule has 1 aromatic carbocycles. The Morgan fingerprint density at radius 1 is 1.06 bits per heavy atom. The predicted octanol–water partition coefficient (Wildman–Crippen LogP) is 4.65. The lowest BCUT2D eigenvalue weighted by Crippen LogP contribution is -1.95. The highest BCUT2D eigenvalue weighted by Crippen LogP contribution is 2.21. The van der Waals surface area contributed by atoms with E-state index in [2.05, 4.69) is 25.1 Å². The molecule has 0 aliphatic heterocycles. The first-order valence-corrected chi connectivity index (χ1v) is 6.33. The van der Waals surface area contributed by atoms with Crippen LogP contribution in [0.3, 0.4) is 0 Å². The van der Waals surface area contributed by atoms with Gasteiger partial charge in [0.25, 0.3) is 0 Å². The Morgan fingerprint density at radius 3 is 2.38 bits per heavy atom. The third-order valence-corrected chi connectivity index (χ3v) is 2.95. The summed E-state index contributed by atoms with van der Waals surface area (Å²) in [6.07, 6.45) is 7.35. The number of rotatable bonds is 7. The standard InChI is InChI=1S/C15H21N/c1-2-3-4-5-7-12-15(13-16)14-10-8-6-9-11-14/h6,8-11,15H,2-5,7,12H2,1H3/t15-/m1/s1. The van der Waals surface area contributed by atoms with Crippen LogP contribution in [0.5, 0.6) is 0 Å². The van der Waals surface area contributed by atoms with Gasteiger partial charge in [0, 0.05) is 0 Å². The Kier molecular flexibility index (Phi) is 6.33. The summed E-state index contributed by atoms with van der Waals surface area (Å²) >= 11 is 0. The van der Waals surface area contributed by atoms with E-state index in [1.807, 2.05) is 18.2 Å². The van der Waals surface area contributed by atoms with E-state index < -0.39 is 0 Å². The molecule has 0 heterocycles. The first kappa shape index (κ1) is 12.8. The van der Waals surface area contributed by atoms with Gasteiger partial charge < -0.3 is 0 Å². The number of nitrogens with zero attached hydrogens (tertiary/aromatic N) is 1. The summed E-state index contributed by atoms with van der Waals surface area (Å²) in [6.45, 7) is 2.22. The van der Waals surface area contributed by atoms with E-state index in [1.165, 1.54) is 37.7 Å². The molecule has 1 nitrogen and oxygen atoms in total. The van der Waals surface area contributed by atoms with Crippen molar-refractivity contribution in [2.45, 2.75) is 51.4 Å². The average Bonchev–Trinajstić information content (AvgIpc) is 2.35. The molecule has 0 aliphatic rings. The summed E-state index contributed by atoms with van der Waals surface area (Å²) in [5.41, 5.74) is 1.17. The fourth-order valence-corrected chi connectivity index (χ4v) is 1.94. The van der Waals surface area contributed by atoms with E-state index in [1.54, 1.807) is 0 Å². The topological polar surface area (TPSA) is 23.8 Å². The number of hydrogen-bond donors (Lipinski definition) is 0. The van der Waals surface area contributed by atoms with Gasteiger partial charge in [-0.15, -0.1) is 0 Å². The van der Waals surface area contributed by atoms with E-state index in [0.29, 0.717) is 0 Å². The maximum Gasteiger partial charge on any atom is 0.0712 e. The molecule has 0 fully saturated rings. The second kappa shape index (κ2) is 7.93. The van der Waals surface area contributed by atoms with Crippen molar-refractivity contribution in [1.29, 1.82) is 5.26 Å². The van der Waals surface area contributed by atoms with Crippen LogP contribution in [-0.2, 0) is 0 Å². The van der Waals surface area contributed by atoms with Crippen molar-refractivity contribution in [3.05, 3.63) is 35.9 Å². The highest BCUT2D eigenvalue weighted by Gasteiger charge is 2.08. The Labute approximate surface area is 99.1 Å². The summed E-state index contributed by atoms with van der Waals surface area (Å²) in [6, 6.07) is 12.5. The molecule has 1 rings (SSSR count). The molecule has 0 unspecified atom stereocenters. The van der Waals surface area contributed by atoms with Gasteiger partial charge in [-0.2, -0.15) is 5.26 Å². The van der Waals surface area contributed by atoms with Gasteiger partial charge in [0.1, 0.15) is 0 Å². The molecule has 0 amide bonds. The van der Waals surface area contributed by atoms with Crippen LogP contribution in [-0.4, -0.2) is 0 Å². The van der Waals surface area contributed by atoms with Gasteiger partial charge in [0.05, 0.1) is 12.0 Å². The minimum atomic E-state index is 0.0860. The molecule has 1 heteroatoms. The number of hydrogen-bond acceptors (Lipinski definition) is 1. The van der Waals surface area contributed by atoms with Gasteiger partial charge in [-0.25, -0.2) is 0 Å². The fourth-order valence-electron chi connectivity index (χ4n) is 1.94. The molecule has 0 spiro atoms. The average molecular weight is 215 g/mol. The van der Waals surface area contributed by atoms with Gasteiger partial charge in [0.15, 0.2) is 0 Å². The Bertz CT molecular complexity index is 310. The largest absolute Gasteiger partial charge is 0.198 e. The highest BCUT2D eigenvalue weighted by molar-refractivity contribution is 5.24. The molecule has 1 atom stereocenters. The van der Waals surface area contributed by atoms with Gasteiger partial charge in [-0.1, -0.05) is 69.4 Å². The minimum Gasteiger partial charge on any atom is -0.198 e. The molecule has 86 valence electrons. The molecule has 0 bridgehead atoms. The molecular formula is C15H21N. The third kappa shape index (κ3) is 4.49. The van der Waals surface area contributed by atoms with Crippen LogP contribution in [0, 0.1) is 11.3 Å². The maximum atomic E-state index is 9.13. The van der Waals surface area contributed by atoms with Crippen LogP contribution >= 0.6 is 0 Å². The summed E-state index contributed by atoms with van der Waals surface area (Å²) in [5, 5.41) is 9.13. The lowest BCUT2D eigenvalue weighted by atomic mass is 9.94. The van der Waals surface area contributed by atoms with Crippen molar-refractivity contribution in [3.63, 3.8) is 0 Å². The van der Waals surface area contributed by atoms with Crippen molar-refractivity contribution in [1.82, 2.24) is 0 Å². The molecule has 0 saturated carbocycles. The van der Waals surface area contributed by atoms with Crippen molar-refractivity contribution in [2.24, 2.45) is 0 Å². The summed E-state index contributed by atoms with van der Waals surface area (Å²) in [4.78, 5) is 0. The zero-order chi connectivity index (χ0) is 11.6. The minimum absolute atomic E-state index is 0.0860. The number of nitriles is 1. The summed E-state index contributed by atoms with van der Waals surface area (Å²) in [7, 11) is 0. The van der Waals surface area contributed by atoms with Crippen molar-refractivity contribution in [3.8, 4) is 6.07 Å². The lowest BCUT2D eigenvalue weighted by Gasteiger charge is -2.08. The SMILES string of the molecule is CCCCCCC[C@H](C#N)c1ccccc1. The summed E-state index contributed by atoms with van der Waals surface area (Å²) in [5.74, 6) is 0.0860. The van der Waals surface area contributed by atoms with Gasteiger partial charge in [-0.3, -0.25) is 0 Å². The maximum absolute atomic E-state index is 9.13. The molecule has 0 saturated heterocycles. The Morgan fingerprint density at radius 2 is 1.75 bits per heavy atom. The van der Waals surface area contributed by atoms with Gasteiger partial charge in [-0.05, 0) is 12.0 Å². The van der Waals surface area contributed by atoms with Crippen LogP contribution in [0.4, 0.5) is 0 Å². The van der Waals surface area contributed by atoms with Crippen molar-refractivity contribution in [2.75, 3.05) is 0 Å². The van der Waals surface area contributed by atoms with Crippen LogP contribution in [0.1, 0.15) is 56.9 Å². The summed E-state index contributed by atoms with van der Waals surface area (Å²) < 4.78 is 0. The van der Waals surface area contributed by atoms with Crippen LogP contribution in [0.15, 0.2) is 30.3 Å². The fraction of sp³-hybridized carbons (Fsp3) is 0.533. The quantitative estimate of drug-likeness (QED) is 0.607. The molecule has 0 aliphatic carbocycles. The normalized spacial score (nSPS) is 12.0. The van der Waals surface area contributed by atoms with Crippen LogP contribution in [0.2, 0.25) is 0 Å². The highest BCUT2D eigenvalue weighted by atomic mass is 14.3. The van der Waals surface area contributed by atoms with Crippen LogP contribution < -0.4 is 0 Å². The molecular weight excluding hydrogens is 194 g/mol. The van der Waals surface area contributed by atoms with E-state index in [0.717, 1.165) is 6.42 Å². The first-order chi connectivity index (χ1) is 7.88. The van der Waals surface area contributed by atoms with E-state index in [-0.39, 0.29) is 5.92 Å². The van der Waals surface area contributed by atoms with Gasteiger partial charge in [0.2, 0.25) is 0 Å². The van der Waals surface area contributed by atoms with E-state index in [4.69, 9.17) is 5.26 Å². The number of benzene rings is 1. The number of unbranched alkanes of at least 4 members (excludes halogenated alkanes) is 4. The third-order valence-electron chi connectivity index (χ3n) is 2.95.